The monoisotopic (exact) mass is 505 g/mol. The molecule has 6 nitrogen and oxygen atoms in total. The molecule has 1 N–H and O–H groups in total. The van der Waals surface area contributed by atoms with Crippen molar-refractivity contribution in [2.75, 3.05) is 30.0 Å². The Morgan fingerprint density at radius 1 is 0.972 bits per heavy atom. The van der Waals surface area contributed by atoms with Crippen molar-refractivity contribution in [2.24, 2.45) is 0 Å². The third kappa shape index (κ3) is 6.74. The van der Waals surface area contributed by atoms with Gasteiger partial charge in [-0.3, -0.25) is 9.78 Å². The van der Waals surface area contributed by atoms with Crippen LogP contribution < -0.4 is 15.0 Å². The predicted octanol–water partition coefficient (Wildman–Crippen LogP) is 6.76. The number of ether oxygens (including phenoxy) is 2. The first-order valence-corrected chi connectivity index (χ1v) is 12.0. The van der Waals surface area contributed by atoms with Gasteiger partial charge in [0, 0.05) is 24.2 Å². The molecule has 0 aliphatic carbocycles. The molecule has 36 heavy (non-hydrogen) atoms. The second-order valence-electron chi connectivity index (χ2n) is 8.15. The van der Waals surface area contributed by atoms with Crippen molar-refractivity contribution in [3.05, 3.63) is 90.6 Å². The summed E-state index contributed by atoms with van der Waals surface area (Å²) in [6, 6.07) is 26.1. The molecule has 1 heterocycles. The molecular formula is C29H32ClN3O3. The lowest BCUT2D eigenvalue weighted by Gasteiger charge is -2.28. The summed E-state index contributed by atoms with van der Waals surface area (Å²) in [5.41, 5.74) is 4.49. The van der Waals surface area contributed by atoms with E-state index in [-0.39, 0.29) is 24.9 Å². The van der Waals surface area contributed by atoms with E-state index in [1.54, 1.807) is 6.20 Å². The second-order valence-corrected chi connectivity index (χ2v) is 8.15. The quantitative estimate of drug-likeness (QED) is 0.244. The fourth-order valence-corrected chi connectivity index (χ4v) is 3.95. The molecule has 1 amide bonds. The van der Waals surface area contributed by atoms with Crippen LogP contribution in [-0.2, 0) is 16.1 Å². The summed E-state index contributed by atoms with van der Waals surface area (Å²) in [7, 11) is 0. The lowest BCUT2D eigenvalue weighted by Crippen LogP contribution is -2.23. The summed E-state index contributed by atoms with van der Waals surface area (Å²) in [4.78, 5) is 19.5. The van der Waals surface area contributed by atoms with Crippen LogP contribution in [0.1, 0.15) is 25.8 Å². The molecule has 0 aliphatic heterocycles. The van der Waals surface area contributed by atoms with Crippen LogP contribution in [-0.4, -0.2) is 30.6 Å². The number of para-hydroxylation sites is 1. The molecule has 0 fully saturated rings. The van der Waals surface area contributed by atoms with Crippen molar-refractivity contribution in [3.8, 4) is 5.75 Å². The third-order valence-corrected chi connectivity index (χ3v) is 5.56. The van der Waals surface area contributed by atoms with Gasteiger partial charge in [0.05, 0.1) is 23.1 Å². The van der Waals surface area contributed by atoms with E-state index in [9.17, 15) is 4.79 Å². The van der Waals surface area contributed by atoms with Crippen molar-refractivity contribution >= 4 is 46.3 Å². The molecule has 1 aromatic heterocycles. The normalized spacial score (nSPS) is 10.5. The van der Waals surface area contributed by atoms with Gasteiger partial charge in [-0.05, 0) is 49.2 Å². The molecule has 4 aromatic rings. The Labute approximate surface area is 218 Å². The number of amides is 1. The molecule has 0 radical (unpaired) electrons. The fraction of sp³-hybridized carbons (Fsp3) is 0.241. The Balaban J connectivity index is 0.00000361. The second kappa shape index (κ2) is 13.5. The topological polar surface area (TPSA) is 63.7 Å². The highest BCUT2D eigenvalue weighted by Crippen LogP contribution is 2.39. The summed E-state index contributed by atoms with van der Waals surface area (Å²) in [5.74, 6) is 0.530. The van der Waals surface area contributed by atoms with Gasteiger partial charge in [0.1, 0.15) is 19.0 Å². The van der Waals surface area contributed by atoms with E-state index in [2.05, 4.69) is 34.3 Å². The number of nitrogens with zero attached hydrogens (tertiary/aromatic N) is 2. The first-order chi connectivity index (χ1) is 17.2. The van der Waals surface area contributed by atoms with E-state index in [0.29, 0.717) is 18.9 Å². The predicted molar refractivity (Wildman–Crippen MR) is 149 cm³/mol. The highest BCUT2D eigenvalue weighted by molar-refractivity contribution is 6.05. The van der Waals surface area contributed by atoms with E-state index in [4.69, 9.17) is 9.47 Å². The Bertz CT molecular complexity index is 1250. The van der Waals surface area contributed by atoms with Crippen LogP contribution in [0.15, 0.2) is 85.1 Å². The molecule has 0 saturated carbocycles. The number of halogens is 1. The molecular weight excluding hydrogens is 474 g/mol. The molecule has 4 rings (SSSR count). The lowest BCUT2D eigenvalue weighted by atomic mass is 10.1. The van der Waals surface area contributed by atoms with Gasteiger partial charge in [0.25, 0.3) is 0 Å². The zero-order chi connectivity index (χ0) is 24.5. The number of anilines is 3. The zero-order valence-corrected chi connectivity index (χ0v) is 21.5. The van der Waals surface area contributed by atoms with Gasteiger partial charge in [-0.1, -0.05) is 55.5 Å². The lowest BCUT2D eigenvalue weighted by molar-refractivity contribution is -0.120. The average molecular weight is 506 g/mol. The molecule has 7 heteroatoms. The maximum Gasteiger partial charge on any atom is 0.250 e. The minimum atomic E-state index is -0.213. The highest BCUT2D eigenvalue weighted by Gasteiger charge is 2.19. The molecule has 0 saturated heterocycles. The maximum atomic E-state index is 12.6. The SMILES string of the molecule is CCCN(c1ccccc1)c1c(NC(=O)COCC)cnc2ccc(OCc3ccccc3)cc12.Cl. The van der Waals surface area contributed by atoms with Crippen LogP contribution in [0.25, 0.3) is 10.9 Å². The van der Waals surface area contributed by atoms with Gasteiger partial charge >= 0.3 is 0 Å². The van der Waals surface area contributed by atoms with Crippen LogP contribution in [0.4, 0.5) is 17.1 Å². The number of benzene rings is 3. The molecule has 0 aliphatic rings. The molecule has 0 atom stereocenters. The summed E-state index contributed by atoms with van der Waals surface area (Å²) >= 11 is 0. The molecule has 3 aromatic carbocycles. The van der Waals surface area contributed by atoms with E-state index >= 15 is 0 Å². The number of nitrogens with one attached hydrogen (secondary N) is 1. The van der Waals surface area contributed by atoms with Crippen LogP contribution in [0.5, 0.6) is 5.75 Å². The van der Waals surface area contributed by atoms with Crippen molar-refractivity contribution in [3.63, 3.8) is 0 Å². The Kier molecular flexibility index (Phi) is 10.1. The van der Waals surface area contributed by atoms with Crippen LogP contribution in [0.2, 0.25) is 0 Å². The van der Waals surface area contributed by atoms with Crippen molar-refractivity contribution in [2.45, 2.75) is 26.9 Å². The minimum Gasteiger partial charge on any atom is -0.489 e. The van der Waals surface area contributed by atoms with E-state index in [1.165, 1.54) is 0 Å². The van der Waals surface area contributed by atoms with Crippen molar-refractivity contribution in [1.82, 2.24) is 4.98 Å². The van der Waals surface area contributed by atoms with Crippen molar-refractivity contribution < 1.29 is 14.3 Å². The van der Waals surface area contributed by atoms with Gasteiger partial charge in [0.15, 0.2) is 0 Å². The highest BCUT2D eigenvalue weighted by atomic mass is 35.5. The molecule has 0 spiro atoms. The van der Waals surface area contributed by atoms with E-state index in [0.717, 1.165) is 46.6 Å². The van der Waals surface area contributed by atoms with Gasteiger partial charge in [0.2, 0.25) is 5.91 Å². The van der Waals surface area contributed by atoms with Gasteiger partial charge in [-0.25, -0.2) is 0 Å². The Hall–Kier alpha value is -3.61. The average Bonchev–Trinajstić information content (AvgIpc) is 2.90. The largest absolute Gasteiger partial charge is 0.489 e. The van der Waals surface area contributed by atoms with Crippen molar-refractivity contribution in [1.29, 1.82) is 0 Å². The van der Waals surface area contributed by atoms with Crippen LogP contribution in [0.3, 0.4) is 0 Å². The van der Waals surface area contributed by atoms with E-state index in [1.807, 2.05) is 73.7 Å². The number of hydrogen-bond acceptors (Lipinski definition) is 5. The number of rotatable bonds is 11. The number of carbonyl (C=O) groups is 1. The third-order valence-electron chi connectivity index (χ3n) is 5.56. The molecule has 0 bridgehead atoms. The maximum absolute atomic E-state index is 12.6. The summed E-state index contributed by atoms with van der Waals surface area (Å²) < 4.78 is 11.4. The fourth-order valence-electron chi connectivity index (χ4n) is 3.95. The van der Waals surface area contributed by atoms with Crippen LogP contribution in [0, 0.1) is 0 Å². The molecule has 188 valence electrons. The summed E-state index contributed by atoms with van der Waals surface area (Å²) in [6.45, 7) is 5.72. The smallest absolute Gasteiger partial charge is 0.250 e. The number of carbonyl (C=O) groups excluding carboxylic acids is 1. The van der Waals surface area contributed by atoms with Gasteiger partial charge < -0.3 is 19.7 Å². The van der Waals surface area contributed by atoms with Crippen LogP contribution >= 0.6 is 12.4 Å². The van der Waals surface area contributed by atoms with Gasteiger partial charge in [-0.2, -0.15) is 0 Å². The summed E-state index contributed by atoms with van der Waals surface area (Å²) in [5, 5.41) is 3.92. The summed E-state index contributed by atoms with van der Waals surface area (Å²) in [6.07, 6.45) is 2.65. The zero-order valence-electron chi connectivity index (χ0n) is 20.6. The first-order valence-electron chi connectivity index (χ1n) is 12.0. The number of pyridine rings is 1. The molecule has 0 unspecified atom stereocenters. The van der Waals surface area contributed by atoms with Gasteiger partial charge in [-0.15, -0.1) is 12.4 Å². The number of aromatic nitrogens is 1. The first kappa shape index (κ1) is 27.0. The Morgan fingerprint density at radius 2 is 1.69 bits per heavy atom. The standard InChI is InChI=1S/C29H31N3O3.ClH/c1-3-17-32(23-13-9-6-10-14-23)29-25-18-24(35-20-22-11-7-5-8-12-22)15-16-26(25)30-19-27(29)31-28(33)21-34-4-2;/h5-16,18-19H,3-4,17,20-21H2,1-2H3,(H,31,33);1H. The Morgan fingerprint density at radius 3 is 2.39 bits per heavy atom. The van der Waals surface area contributed by atoms with E-state index < -0.39 is 0 Å². The number of hydrogen-bond donors (Lipinski definition) is 1. The minimum absolute atomic E-state index is 0. The number of fused-ring (bicyclic) bond motifs is 1.